The van der Waals surface area contributed by atoms with Crippen molar-refractivity contribution < 1.29 is 19.1 Å². The second-order valence-electron chi connectivity index (χ2n) is 10.3. The standard InChI is InChI=1S/C32H44N4O4/c1-5-11-27(26-12-7-6-8-13-26)23-36-20-9-14-30(37)34-29(22-25-15-17-28(40-4)18-16-25)32(39)35(3)24(2)31(38)33-19-10-21-36/h6-8,11-13,15-18,24,29H,5,9-10,14,19-23H2,1-4H3,(H,33,38)(H,34,37)/t24-,29-/m0/s1. The quantitative estimate of drug-likeness (QED) is 0.551. The highest BCUT2D eigenvalue weighted by Crippen LogP contribution is 2.18. The van der Waals surface area contributed by atoms with Crippen LogP contribution in [0.1, 0.15) is 50.7 Å². The van der Waals surface area contributed by atoms with Gasteiger partial charge in [-0.15, -0.1) is 0 Å². The van der Waals surface area contributed by atoms with E-state index in [9.17, 15) is 14.4 Å². The molecular formula is C32H44N4O4. The molecule has 40 heavy (non-hydrogen) atoms. The van der Waals surface area contributed by atoms with Crippen molar-refractivity contribution in [3.05, 3.63) is 71.8 Å². The van der Waals surface area contributed by atoms with Crippen LogP contribution in [0.3, 0.4) is 0 Å². The van der Waals surface area contributed by atoms with Crippen LogP contribution in [0.25, 0.3) is 5.57 Å². The highest BCUT2D eigenvalue weighted by atomic mass is 16.5. The first kappa shape index (κ1) is 30.9. The first-order valence-corrected chi connectivity index (χ1v) is 14.3. The van der Waals surface area contributed by atoms with Gasteiger partial charge in [-0.2, -0.15) is 0 Å². The van der Waals surface area contributed by atoms with Crippen molar-refractivity contribution in [1.82, 2.24) is 20.4 Å². The maximum atomic E-state index is 13.5. The number of amides is 3. The number of carbonyl (C=O) groups excluding carboxylic acids is 3. The van der Waals surface area contributed by atoms with Crippen LogP contribution in [-0.2, 0) is 20.8 Å². The molecule has 1 heterocycles. The number of nitrogens with zero attached hydrogens (tertiary/aromatic N) is 2. The van der Waals surface area contributed by atoms with Crippen molar-refractivity contribution in [2.24, 2.45) is 0 Å². The fraction of sp³-hybridized carbons (Fsp3) is 0.469. The molecule has 0 bridgehead atoms. The van der Waals surface area contributed by atoms with Gasteiger partial charge < -0.3 is 20.3 Å². The highest BCUT2D eigenvalue weighted by molar-refractivity contribution is 5.92. The van der Waals surface area contributed by atoms with Crippen LogP contribution >= 0.6 is 0 Å². The van der Waals surface area contributed by atoms with Gasteiger partial charge in [0, 0.05) is 39.5 Å². The molecule has 0 aliphatic carbocycles. The Bertz CT molecular complexity index is 1130. The Morgan fingerprint density at radius 1 is 1.02 bits per heavy atom. The molecule has 216 valence electrons. The Morgan fingerprint density at radius 3 is 2.40 bits per heavy atom. The Kier molecular flexibility index (Phi) is 12.2. The van der Waals surface area contributed by atoms with Crippen LogP contribution in [0, 0.1) is 0 Å². The number of rotatable bonds is 7. The Hall–Kier alpha value is -3.65. The number of likely N-dealkylation sites (N-methyl/N-ethyl adjacent to an activating group) is 1. The lowest BCUT2D eigenvalue weighted by Crippen LogP contribution is -2.54. The molecule has 2 N–H and O–H groups in total. The van der Waals surface area contributed by atoms with Crippen LogP contribution < -0.4 is 15.4 Å². The van der Waals surface area contributed by atoms with E-state index in [1.54, 1.807) is 21.1 Å². The molecule has 2 aromatic rings. The topological polar surface area (TPSA) is 91.0 Å². The van der Waals surface area contributed by atoms with Gasteiger partial charge in [-0.1, -0.05) is 55.5 Å². The molecule has 1 aliphatic heterocycles. The summed E-state index contributed by atoms with van der Waals surface area (Å²) < 4.78 is 5.24. The third kappa shape index (κ3) is 9.23. The second kappa shape index (κ2) is 15.8. The number of carbonyl (C=O) groups is 3. The van der Waals surface area contributed by atoms with Gasteiger partial charge in [-0.3, -0.25) is 19.3 Å². The molecule has 2 aromatic carbocycles. The van der Waals surface area contributed by atoms with Gasteiger partial charge in [0.1, 0.15) is 17.8 Å². The summed E-state index contributed by atoms with van der Waals surface area (Å²) in [4.78, 5) is 43.2. The lowest BCUT2D eigenvalue weighted by atomic mass is 10.0. The Morgan fingerprint density at radius 2 is 1.73 bits per heavy atom. The molecule has 1 fully saturated rings. The number of methoxy groups -OCH3 is 1. The average molecular weight is 549 g/mol. The normalized spacial score (nSPS) is 20.8. The number of allylic oxidation sites excluding steroid dienone is 1. The van der Waals surface area contributed by atoms with E-state index >= 15 is 0 Å². The molecule has 0 unspecified atom stereocenters. The van der Waals surface area contributed by atoms with Gasteiger partial charge in [-0.25, -0.2) is 0 Å². The van der Waals surface area contributed by atoms with E-state index in [2.05, 4.69) is 40.7 Å². The zero-order chi connectivity index (χ0) is 28.9. The summed E-state index contributed by atoms with van der Waals surface area (Å²) in [5, 5.41) is 5.95. The SMILES string of the molecule is CCC=C(CN1CCCNC(=O)[C@H](C)N(C)C(=O)[C@H](Cc2ccc(OC)cc2)NC(=O)CCC1)c1ccccc1. The first-order chi connectivity index (χ1) is 19.3. The lowest BCUT2D eigenvalue weighted by molar-refractivity contribution is -0.141. The molecule has 2 atom stereocenters. The predicted molar refractivity (Wildman–Crippen MR) is 159 cm³/mol. The van der Waals surface area contributed by atoms with Gasteiger partial charge in [0.25, 0.3) is 0 Å². The summed E-state index contributed by atoms with van der Waals surface area (Å²) in [6.07, 6.45) is 5.27. The molecule has 8 nitrogen and oxygen atoms in total. The fourth-order valence-corrected chi connectivity index (χ4v) is 4.88. The van der Waals surface area contributed by atoms with E-state index < -0.39 is 12.1 Å². The fourth-order valence-electron chi connectivity index (χ4n) is 4.88. The first-order valence-electron chi connectivity index (χ1n) is 14.3. The summed E-state index contributed by atoms with van der Waals surface area (Å²) in [6, 6.07) is 16.4. The van der Waals surface area contributed by atoms with Gasteiger partial charge in [-0.05, 0) is 61.6 Å². The maximum absolute atomic E-state index is 13.5. The Labute approximate surface area is 238 Å². The van der Waals surface area contributed by atoms with Gasteiger partial charge >= 0.3 is 0 Å². The smallest absolute Gasteiger partial charge is 0.245 e. The highest BCUT2D eigenvalue weighted by Gasteiger charge is 2.30. The van der Waals surface area contributed by atoms with E-state index in [-0.39, 0.29) is 17.7 Å². The molecule has 0 spiro atoms. The van der Waals surface area contributed by atoms with Crippen molar-refractivity contribution in [1.29, 1.82) is 0 Å². The average Bonchev–Trinajstić information content (AvgIpc) is 2.97. The molecule has 8 heteroatoms. The molecule has 0 aromatic heterocycles. The van der Waals surface area contributed by atoms with Gasteiger partial charge in [0.2, 0.25) is 17.7 Å². The molecule has 3 amide bonds. The van der Waals surface area contributed by atoms with Crippen molar-refractivity contribution in [2.75, 3.05) is 40.3 Å². The minimum atomic E-state index is -0.778. The van der Waals surface area contributed by atoms with Crippen molar-refractivity contribution in [3.63, 3.8) is 0 Å². The van der Waals surface area contributed by atoms with E-state index in [0.717, 1.165) is 43.8 Å². The molecule has 0 saturated carbocycles. The zero-order valence-corrected chi connectivity index (χ0v) is 24.3. The van der Waals surface area contributed by atoms with E-state index in [1.807, 2.05) is 42.5 Å². The number of hydrogen-bond acceptors (Lipinski definition) is 5. The number of ether oxygens (including phenoxy) is 1. The molecular weight excluding hydrogens is 504 g/mol. The zero-order valence-electron chi connectivity index (χ0n) is 24.3. The van der Waals surface area contributed by atoms with Crippen LogP contribution in [0.2, 0.25) is 0 Å². The molecule has 1 saturated heterocycles. The van der Waals surface area contributed by atoms with Crippen LogP contribution in [-0.4, -0.2) is 79.9 Å². The minimum absolute atomic E-state index is 0.167. The number of nitrogens with one attached hydrogen (secondary N) is 2. The van der Waals surface area contributed by atoms with E-state index in [0.29, 0.717) is 25.8 Å². The lowest BCUT2D eigenvalue weighted by Gasteiger charge is -2.29. The molecule has 1 aliphatic rings. The van der Waals surface area contributed by atoms with E-state index in [1.165, 1.54) is 16.0 Å². The van der Waals surface area contributed by atoms with Gasteiger partial charge in [0.05, 0.1) is 7.11 Å². The number of benzene rings is 2. The second-order valence-corrected chi connectivity index (χ2v) is 10.3. The summed E-state index contributed by atoms with van der Waals surface area (Å²) >= 11 is 0. The largest absolute Gasteiger partial charge is 0.497 e. The molecule has 3 rings (SSSR count). The summed E-state index contributed by atoms with van der Waals surface area (Å²) in [5.74, 6) is 0.0556. The van der Waals surface area contributed by atoms with Crippen molar-refractivity contribution in [3.8, 4) is 5.75 Å². The van der Waals surface area contributed by atoms with Crippen molar-refractivity contribution in [2.45, 2.75) is 58.0 Å². The van der Waals surface area contributed by atoms with Crippen LogP contribution in [0.5, 0.6) is 5.75 Å². The number of hydrogen-bond donors (Lipinski definition) is 2. The summed E-state index contributed by atoms with van der Waals surface area (Å²) in [5.41, 5.74) is 3.35. The van der Waals surface area contributed by atoms with E-state index in [4.69, 9.17) is 4.74 Å². The summed E-state index contributed by atoms with van der Waals surface area (Å²) in [7, 11) is 3.22. The summed E-state index contributed by atoms with van der Waals surface area (Å²) in [6.45, 7) is 6.67. The predicted octanol–water partition coefficient (Wildman–Crippen LogP) is 3.67. The minimum Gasteiger partial charge on any atom is -0.497 e. The van der Waals surface area contributed by atoms with Crippen LogP contribution in [0.15, 0.2) is 60.7 Å². The maximum Gasteiger partial charge on any atom is 0.245 e. The monoisotopic (exact) mass is 548 g/mol. The van der Waals surface area contributed by atoms with Crippen molar-refractivity contribution >= 4 is 23.3 Å². The third-order valence-electron chi connectivity index (χ3n) is 7.36. The van der Waals surface area contributed by atoms with Gasteiger partial charge in [0.15, 0.2) is 0 Å². The van der Waals surface area contributed by atoms with Crippen LogP contribution in [0.4, 0.5) is 0 Å². The third-order valence-corrected chi connectivity index (χ3v) is 7.36. The molecule has 0 radical (unpaired) electrons. The Balaban J connectivity index is 1.77.